The van der Waals surface area contributed by atoms with Gasteiger partial charge in [-0.3, -0.25) is 4.79 Å². The maximum Gasteiger partial charge on any atom is 0.274 e. The van der Waals surface area contributed by atoms with Crippen molar-refractivity contribution in [3.8, 4) is 0 Å². The van der Waals surface area contributed by atoms with Crippen molar-refractivity contribution < 1.29 is 9.53 Å². The molecule has 0 atom stereocenters. The van der Waals surface area contributed by atoms with Gasteiger partial charge >= 0.3 is 0 Å². The van der Waals surface area contributed by atoms with Crippen LogP contribution in [0.25, 0.3) is 0 Å². The van der Waals surface area contributed by atoms with Crippen molar-refractivity contribution in [2.24, 2.45) is 0 Å². The van der Waals surface area contributed by atoms with E-state index >= 15 is 0 Å². The lowest BCUT2D eigenvalue weighted by molar-refractivity contribution is -0.0765. The van der Waals surface area contributed by atoms with Gasteiger partial charge < -0.3 is 9.64 Å². The summed E-state index contributed by atoms with van der Waals surface area (Å²) in [4.78, 5) is 18.0. The third kappa shape index (κ3) is 2.94. The lowest BCUT2D eigenvalue weighted by Crippen LogP contribution is -2.50. The molecule has 2 rings (SSSR count). The first-order chi connectivity index (χ1) is 8.39. The number of pyridine rings is 1. The van der Waals surface area contributed by atoms with Crippen LogP contribution in [0.5, 0.6) is 0 Å². The van der Waals surface area contributed by atoms with Crippen LogP contribution >= 0.6 is 23.2 Å². The fourth-order valence-electron chi connectivity index (χ4n) is 1.91. The second-order valence-electron chi connectivity index (χ2n) is 4.80. The van der Waals surface area contributed by atoms with E-state index in [-0.39, 0.29) is 22.4 Å². The summed E-state index contributed by atoms with van der Waals surface area (Å²) < 4.78 is 5.56. The minimum absolute atomic E-state index is 0.196. The van der Waals surface area contributed by atoms with E-state index < -0.39 is 0 Å². The number of morpholine rings is 1. The molecule has 1 aromatic rings. The van der Waals surface area contributed by atoms with Crippen LogP contribution in [-0.2, 0) is 4.74 Å². The third-order valence-electron chi connectivity index (χ3n) is 2.73. The number of hydrogen-bond donors (Lipinski definition) is 0. The van der Waals surface area contributed by atoms with Gasteiger partial charge in [0.2, 0.25) is 0 Å². The Kier molecular flexibility index (Phi) is 3.80. The van der Waals surface area contributed by atoms with Crippen molar-refractivity contribution in [3.63, 3.8) is 0 Å². The molecule has 18 heavy (non-hydrogen) atoms. The summed E-state index contributed by atoms with van der Waals surface area (Å²) in [6.45, 7) is 5.44. The average molecular weight is 289 g/mol. The quantitative estimate of drug-likeness (QED) is 0.746. The molecular weight excluding hydrogens is 275 g/mol. The summed E-state index contributed by atoms with van der Waals surface area (Å²) in [6, 6.07) is 3.14. The molecule has 0 radical (unpaired) electrons. The maximum atomic E-state index is 12.3. The maximum absolute atomic E-state index is 12.3. The van der Waals surface area contributed by atoms with Crippen molar-refractivity contribution in [2.75, 3.05) is 19.7 Å². The van der Waals surface area contributed by atoms with Crippen LogP contribution in [0.15, 0.2) is 12.1 Å². The first-order valence-corrected chi connectivity index (χ1v) is 6.40. The average Bonchev–Trinajstić information content (AvgIpc) is 2.30. The molecule has 0 spiro atoms. The molecule has 0 unspecified atom stereocenters. The van der Waals surface area contributed by atoms with E-state index in [9.17, 15) is 4.79 Å². The molecular formula is C12H14Cl2N2O2. The lowest BCUT2D eigenvalue weighted by atomic mass is 10.1. The lowest BCUT2D eigenvalue weighted by Gasteiger charge is -2.38. The molecule has 1 fully saturated rings. The molecule has 1 amide bonds. The number of aromatic nitrogens is 1. The summed E-state index contributed by atoms with van der Waals surface area (Å²) in [5.74, 6) is -0.209. The number of hydrogen-bond acceptors (Lipinski definition) is 3. The third-order valence-corrected chi connectivity index (χ3v) is 3.24. The summed E-state index contributed by atoms with van der Waals surface area (Å²) >= 11 is 11.8. The van der Waals surface area contributed by atoms with Crippen molar-refractivity contribution in [3.05, 3.63) is 28.0 Å². The van der Waals surface area contributed by atoms with Crippen LogP contribution in [0, 0.1) is 0 Å². The number of carbonyl (C=O) groups is 1. The highest BCUT2D eigenvalue weighted by molar-refractivity contribution is 6.34. The van der Waals surface area contributed by atoms with E-state index in [4.69, 9.17) is 27.9 Å². The number of rotatable bonds is 1. The Morgan fingerprint density at radius 2 is 2.17 bits per heavy atom. The van der Waals surface area contributed by atoms with Crippen LogP contribution in [-0.4, -0.2) is 41.1 Å². The molecule has 0 bridgehead atoms. The van der Waals surface area contributed by atoms with Gasteiger partial charge in [-0.1, -0.05) is 23.2 Å². The van der Waals surface area contributed by atoms with Crippen LogP contribution in [0.1, 0.15) is 24.3 Å². The fourth-order valence-corrected chi connectivity index (χ4v) is 2.24. The first-order valence-electron chi connectivity index (χ1n) is 5.64. The van der Waals surface area contributed by atoms with Crippen molar-refractivity contribution in [1.29, 1.82) is 0 Å². The minimum Gasteiger partial charge on any atom is -0.372 e. The molecule has 4 nitrogen and oxygen atoms in total. The predicted octanol–water partition coefficient (Wildman–Crippen LogP) is 2.64. The normalized spacial score (nSPS) is 18.8. The highest BCUT2D eigenvalue weighted by atomic mass is 35.5. The van der Waals surface area contributed by atoms with Crippen molar-refractivity contribution >= 4 is 29.1 Å². The SMILES string of the molecule is CC1(C)CN(C(=O)c2nc(Cl)ccc2Cl)CCO1. The van der Waals surface area contributed by atoms with Crippen molar-refractivity contribution in [1.82, 2.24) is 9.88 Å². The summed E-state index contributed by atoms with van der Waals surface area (Å²) in [5.41, 5.74) is -0.152. The Morgan fingerprint density at radius 1 is 1.44 bits per heavy atom. The molecule has 0 N–H and O–H groups in total. The van der Waals surface area contributed by atoms with Gasteiger partial charge in [0.1, 0.15) is 10.8 Å². The Bertz CT molecular complexity index is 477. The summed E-state index contributed by atoms with van der Waals surface area (Å²) in [6.07, 6.45) is 0. The number of amides is 1. The van der Waals surface area contributed by atoms with E-state index in [0.717, 1.165) is 0 Å². The monoisotopic (exact) mass is 288 g/mol. The molecule has 98 valence electrons. The van der Waals surface area contributed by atoms with Crippen LogP contribution in [0.3, 0.4) is 0 Å². The number of nitrogens with zero attached hydrogens (tertiary/aromatic N) is 2. The number of halogens is 2. The summed E-state index contributed by atoms with van der Waals surface area (Å²) in [5, 5.41) is 0.573. The minimum atomic E-state index is -0.348. The van der Waals surface area contributed by atoms with E-state index in [2.05, 4.69) is 4.98 Å². The van der Waals surface area contributed by atoms with Gasteiger partial charge in [0.05, 0.1) is 17.2 Å². The number of ether oxygens (including phenoxy) is 1. The molecule has 1 saturated heterocycles. The molecule has 0 aliphatic carbocycles. The molecule has 1 aromatic heterocycles. The van der Waals surface area contributed by atoms with Gasteiger partial charge in [0, 0.05) is 13.1 Å². The van der Waals surface area contributed by atoms with Crippen LogP contribution < -0.4 is 0 Å². The van der Waals surface area contributed by atoms with Crippen molar-refractivity contribution in [2.45, 2.75) is 19.4 Å². The van der Waals surface area contributed by atoms with Gasteiger partial charge in [-0.25, -0.2) is 4.98 Å². The Hall–Kier alpha value is -0.840. The largest absolute Gasteiger partial charge is 0.372 e. The second kappa shape index (κ2) is 5.03. The smallest absolute Gasteiger partial charge is 0.274 e. The topological polar surface area (TPSA) is 42.4 Å². The zero-order valence-corrected chi connectivity index (χ0v) is 11.8. The van der Waals surface area contributed by atoms with E-state index in [1.54, 1.807) is 17.0 Å². The molecule has 0 aromatic carbocycles. The molecule has 0 saturated carbocycles. The molecule has 1 aliphatic rings. The van der Waals surface area contributed by atoms with Gasteiger partial charge in [0.25, 0.3) is 5.91 Å². The Morgan fingerprint density at radius 3 is 2.83 bits per heavy atom. The van der Waals surface area contributed by atoms with E-state index in [1.807, 2.05) is 13.8 Å². The zero-order chi connectivity index (χ0) is 13.3. The van der Waals surface area contributed by atoms with Gasteiger partial charge in [-0.15, -0.1) is 0 Å². The Labute approximate surface area is 116 Å². The van der Waals surface area contributed by atoms with Gasteiger partial charge in [0.15, 0.2) is 0 Å². The molecule has 2 heterocycles. The zero-order valence-electron chi connectivity index (χ0n) is 10.2. The van der Waals surface area contributed by atoms with Crippen LogP contribution in [0.4, 0.5) is 0 Å². The Balaban J connectivity index is 2.23. The van der Waals surface area contributed by atoms with Gasteiger partial charge in [-0.05, 0) is 26.0 Å². The van der Waals surface area contributed by atoms with Crippen LogP contribution in [0.2, 0.25) is 10.2 Å². The van der Waals surface area contributed by atoms with E-state index in [0.29, 0.717) is 24.7 Å². The highest BCUT2D eigenvalue weighted by Gasteiger charge is 2.31. The predicted molar refractivity (Wildman–Crippen MR) is 70.2 cm³/mol. The fraction of sp³-hybridized carbons (Fsp3) is 0.500. The summed E-state index contributed by atoms with van der Waals surface area (Å²) in [7, 11) is 0. The number of carbonyl (C=O) groups excluding carboxylic acids is 1. The molecule has 6 heteroatoms. The second-order valence-corrected chi connectivity index (χ2v) is 5.59. The van der Waals surface area contributed by atoms with Gasteiger partial charge in [-0.2, -0.15) is 0 Å². The standard InChI is InChI=1S/C12H14Cl2N2O2/c1-12(2)7-16(5-6-18-12)11(17)10-8(13)3-4-9(14)15-10/h3-4H,5-7H2,1-2H3. The molecule has 1 aliphatic heterocycles. The first kappa shape index (κ1) is 13.6. The highest BCUT2D eigenvalue weighted by Crippen LogP contribution is 2.22. The van der Waals surface area contributed by atoms with E-state index in [1.165, 1.54) is 0 Å².